The minimum absolute atomic E-state index is 0.138. The Morgan fingerprint density at radius 3 is 2.59 bits per heavy atom. The number of piperidine rings is 1. The third kappa shape index (κ3) is 4.32. The van der Waals surface area contributed by atoms with Gasteiger partial charge in [-0.05, 0) is 62.2 Å². The Kier molecular flexibility index (Phi) is 6.02. The van der Waals surface area contributed by atoms with Gasteiger partial charge in [-0.25, -0.2) is 4.98 Å². The summed E-state index contributed by atoms with van der Waals surface area (Å²) >= 11 is 1.67. The van der Waals surface area contributed by atoms with Crippen LogP contribution in [0, 0.1) is 6.92 Å². The topological polar surface area (TPSA) is 48.9 Å². The first-order chi connectivity index (χ1) is 15.6. The number of hydrogen-bond acceptors (Lipinski definition) is 6. The molecule has 32 heavy (non-hydrogen) atoms. The standard InChI is InChI=1S/C25H30N4O2S/c1-18-26-23-16-19(5-10-24(23)32-18)25(30)29-11-3-4-21(17-29)28-14-12-27(13-15-28)20-6-8-22(31-2)9-7-20/h5-10,16,21H,3-4,11-15,17H2,1-2H3/t21-/m1/s1. The number of amides is 1. The van der Waals surface area contributed by atoms with Crippen LogP contribution in [-0.4, -0.2) is 73.1 Å². The van der Waals surface area contributed by atoms with Crippen LogP contribution in [0.25, 0.3) is 10.2 Å². The number of carbonyl (C=O) groups is 1. The molecule has 168 valence electrons. The van der Waals surface area contributed by atoms with E-state index < -0.39 is 0 Å². The van der Waals surface area contributed by atoms with Gasteiger partial charge in [-0.3, -0.25) is 9.69 Å². The predicted octanol–water partition coefficient (Wildman–Crippen LogP) is 4.04. The molecule has 0 spiro atoms. The third-order valence-corrected chi connectivity index (χ3v) is 7.65. The van der Waals surface area contributed by atoms with Gasteiger partial charge in [0.25, 0.3) is 5.91 Å². The number of aromatic nitrogens is 1. The molecule has 0 radical (unpaired) electrons. The van der Waals surface area contributed by atoms with Crippen LogP contribution in [0.1, 0.15) is 28.2 Å². The molecule has 7 heteroatoms. The van der Waals surface area contributed by atoms with E-state index in [2.05, 4.69) is 26.9 Å². The SMILES string of the molecule is COc1ccc(N2CCN([C@@H]3CCCN(C(=O)c4ccc5sc(C)nc5c4)C3)CC2)cc1. The molecular formula is C25H30N4O2S. The number of piperazine rings is 1. The van der Waals surface area contributed by atoms with Gasteiger partial charge in [-0.1, -0.05) is 0 Å². The second-order valence-corrected chi connectivity index (χ2v) is 9.92. The van der Waals surface area contributed by atoms with Crippen molar-refractivity contribution in [3.63, 3.8) is 0 Å². The molecule has 2 saturated heterocycles. The molecule has 0 N–H and O–H groups in total. The van der Waals surface area contributed by atoms with Crippen LogP contribution < -0.4 is 9.64 Å². The molecule has 0 unspecified atom stereocenters. The van der Waals surface area contributed by atoms with Crippen molar-refractivity contribution in [3.8, 4) is 5.75 Å². The van der Waals surface area contributed by atoms with Crippen LogP contribution in [-0.2, 0) is 0 Å². The molecule has 1 aromatic heterocycles. The second-order valence-electron chi connectivity index (χ2n) is 8.68. The van der Waals surface area contributed by atoms with Gasteiger partial charge in [0.05, 0.1) is 22.3 Å². The highest BCUT2D eigenvalue weighted by Gasteiger charge is 2.30. The largest absolute Gasteiger partial charge is 0.497 e. The number of rotatable bonds is 4. The van der Waals surface area contributed by atoms with Gasteiger partial charge in [0.1, 0.15) is 5.75 Å². The van der Waals surface area contributed by atoms with E-state index in [1.54, 1.807) is 18.4 Å². The van der Waals surface area contributed by atoms with E-state index in [1.165, 1.54) is 5.69 Å². The summed E-state index contributed by atoms with van der Waals surface area (Å²) in [5, 5.41) is 1.04. The van der Waals surface area contributed by atoms with Crippen LogP contribution in [0.4, 0.5) is 5.69 Å². The van der Waals surface area contributed by atoms with Gasteiger partial charge in [-0.15, -0.1) is 11.3 Å². The highest BCUT2D eigenvalue weighted by Crippen LogP contribution is 2.26. The van der Waals surface area contributed by atoms with Crippen molar-refractivity contribution < 1.29 is 9.53 Å². The fourth-order valence-electron chi connectivity index (χ4n) is 4.93. The first-order valence-corrected chi connectivity index (χ1v) is 12.2. The fourth-order valence-corrected chi connectivity index (χ4v) is 5.74. The minimum Gasteiger partial charge on any atom is -0.497 e. The summed E-state index contributed by atoms with van der Waals surface area (Å²) in [7, 11) is 1.70. The average molecular weight is 451 g/mol. The molecule has 0 saturated carbocycles. The van der Waals surface area contributed by atoms with E-state index in [4.69, 9.17) is 4.74 Å². The van der Waals surface area contributed by atoms with Gasteiger partial charge < -0.3 is 14.5 Å². The zero-order valence-electron chi connectivity index (χ0n) is 18.8. The maximum atomic E-state index is 13.2. The van der Waals surface area contributed by atoms with Crippen LogP contribution in [0.5, 0.6) is 5.75 Å². The predicted molar refractivity (Wildman–Crippen MR) is 130 cm³/mol. The Balaban J connectivity index is 1.20. The molecule has 0 aliphatic carbocycles. The summed E-state index contributed by atoms with van der Waals surface area (Å²) in [6.07, 6.45) is 2.23. The number of ether oxygens (including phenoxy) is 1. The van der Waals surface area contributed by atoms with Gasteiger partial charge in [0.2, 0.25) is 0 Å². The molecule has 1 atom stereocenters. The number of fused-ring (bicyclic) bond motifs is 1. The van der Waals surface area contributed by atoms with Crippen molar-refractivity contribution in [1.82, 2.24) is 14.8 Å². The zero-order valence-corrected chi connectivity index (χ0v) is 19.6. The lowest BCUT2D eigenvalue weighted by Crippen LogP contribution is -2.55. The number of nitrogens with zero attached hydrogens (tertiary/aromatic N) is 4. The summed E-state index contributed by atoms with van der Waals surface area (Å²) in [6.45, 7) is 7.75. The molecular weight excluding hydrogens is 420 g/mol. The van der Waals surface area contributed by atoms with Gasteiger partial charge in [-0.2, -0.15) is 0 Å². The number of methoxy groups -OCH3 is 1. The Morgan fingerprint density at radius 1 is 1.06 bits per heavy atom. The summed E-state index contributed by atoms with van der Waals surface area (Å²) in [5.74, 6) is 1.03. The fraction of sp³-hybridized carbons (Fsp3) is 0.440. The first kappa shape index (κ1) is 21.2. The summed E-state index contributed by atoms with van der Waals surface area (Å²) < 4.78 is 6.42. The maximum Gasteiger partial charge on any atom is 0.253 e. The molecule has 6 nitrogen and oxygen atoms in total. The van der Waals surface area contributed by atoms with E-state index >= 15 is 0 Å². The highest BCUT2D eigenvalue weighted by atomic mass is 32.1. The Bertz CT molecular complexity index is 1090. The van der Waals surface area contributed by atoms with Crippen molar-refractivity contribution in [2.24, 2.45) is 0 Å². The molecule has 2 aliphatic heterocycles. The van der Waals surface area contributed by atoms with Gasteiger partial charge in [0.15, 0.2) is 0 Å². The number of benzene rings is 2. The lowest BCUT2D eigenvalue weighted by molar-refractivity contribution is 0.0563. The molecule has 3 aromatic rings. The molecule has 5 rings (SSSR count). The third-order valence-electron chi connectivity index (χ3n) is 6.69. The molecule has 0 bridgehead atoms. The number of carbonyl (C=O) groups excluding carboxylic acids is 1. The number of anilines is 1. The van der Waals surface area contributed by atoms with E-state index in [0.29, 0.717) is 6.04 Å². The van der Waals surface area contributed by atoms with Crippen LogP contribution in [0.15, 0.2) is 42.5 Å². The summed E-state index contributed by atoms with van der Waals surface area (Å²) in [5.41, 5.74) is 2.94. The summed E-state index contributed by atoms with van der Waals surface area (Å²) in [6, 6.07) is 14.7. The minimum atomic E-state index is 0.138. The number of hydrogen-bond donors (Lipinski definition) is 0. The van der Waals surface area contributed by atoms with Gasteiger partial charge in [0, 0.05) is 56.6 Å². The lowest BCUT2D eigenvalue weighted by Gasteiger charge is -2.44. The molecule has 3 heterocycles. The number of thiazole rings is 1. The van der Waals surface area contributed by atoms with E-state index in [0.717, 1.165) is 78.6 Å². The van der Waals surface area contributed by atoms with Crippen LogP contribution in [0.3, 0.4) is 0 Å². The van der Waals surface area contributed by atoms with Crippen molar-refractivity contribution >= 4 is 33.1 Å². The first-order valence-electron chi connectivity index (χ1n) is 11.4. The smallest absolute Gasteiger partial charge is 0.253 e. The van der Waals surface area contributed by atoms with Crippen molar-refractivity contribution in [2.45, 2.75) is 25.8 Å². The van der Waals surface area contributed by atoms with E-state index in [1.807, 2.05) is 42.2 Å². The maximum absolute atomic E-state index is 13.2. The Labute approximate surface area is 193 Å². The Morgan fingerprint density at radius 2 is 1.84 bits per heavy atom. The summed E-state index contributed by atoms with van der Waals surface area (Å²) in [4.78, 5) is 24.9. The quantitative estimate of drug-likeness (QED) is 0.600. The van der Waals surface area contributed by atoms with E-state index in [9.17, 15) is 4.79 Å². The van der Waals surface area contributed by atoms with Crippen LogP contribution in [0.2, 0.25) is 0 Å². The van der Waals surface area contributed by atoms with Crippen molar-refractivity contribution in [1.29, 1.82) is 0 Å². The van der Waals surface area contributed by atoms with Crippen molar-refractivity contribution in [3.05, 3.63) is 53.0 Å². The Hall–Kier alpha value is -2.64. The number of aryl methyl sites for hydroxylation is 1. The monoisotopic (exact) mass is 450 g/mol. The second kappa shape index (κ2) is 9.08. The molecule has 2 aromatic carbocycles. The number of likely N-dealkylation sites (tertiary alicyclic amines) is 1. The van der Waals surface area contributed by atoms with E-state index in [-0.39, 0.29) is 5.91 Å². The average Bonchev–Trinajstić information content (AvgIpc) is 3.23. The molecule has 2 aliphatic rings. The van der Waals surface area contributed by atoms with Gasteiger partial charge >= 0.3 is 0 Å². The normalized spacial score (nSPS) is 20.0. The molecule has 2 fully saturated rings. The molecule has 1 amide bonds. The lowest BCUT2D eigenvalue weighted by atomic mass is 10.0. The zero-order chi connectivity index (χ0) is 22.1. The van der Waals surface area contributed by atoms with Crippen LogP contribution >= 0.6 is 11.3 Å². The highest BCUT2D eigenvalue weighted by molar-refractivity contribution is 7.18. The van der Waals surface area contributed by atoms with Crippen molar-refractivity contribution in [2.75, 3.05) is 51.3 Å².